The van der Waals surface area contributed by atoms with Crippen LogP contribution in [0, 0.1) is 0 Å². The number of benzene rings is 1. The van der Waals surface area contributed by atoms with Gasteiger partial charge in [-0.3, -0.25) is 14.6 Å². The number of nitrogens with zero attached hydrogens (tertiary/aromatic N) is 2. The zero-order chi connectivity index (χ0) is 17.8. The lowest BCUT2D eigenvalue weighted by molar-refractivity contribution is -0.117. The Kier molecular flexibility index (Phi) is 5.68. The number of hydrogen-bond acceptors (Lipinski definition) is 4. The highest BCUT2D eigenvalue weighted by molar-refractivity contribution is 7.10. The minimum absolute atomic E-state index is 0.0840. The second kappa shape index (κ2) is 8.33. The third kappa shape index (κ3) is 4.34. The van der Waals surface area contributed by atoms with Crippen molar-refractivity contribution in [1.82, 2.24) is 9.80 Å². The lowest BCUT2D eigenvalue weighted by atomic mass is 10.2. The van der Waals surface area contributed by atoms with Crippen LogP contribution in [0.15, 0.2) is 41.8 Å². The molecule has 5 heteroatoms. The highest BCUT2D eigenvalue weighted by Gasteiger charge is 2.28. The highest BCUT2D eigenvalue weighted by Crippen LogP contribution is 2.34. The first-order chi connectivity index (χ1) is 12.8. The van der Waals surface area contributed by atoms with Crippen LogP contribution in [0.5, 0.6) is 0 Å². The van der Waals surface area contributed by atoms with Gasteiger partial charge in [-0.05, 0) is 74.5 Å². The number of anilines is 1. The molecule has 138 valence electrons. The summed E-state index contributed by atoms with van der Waals surface area (Å²) in [7, 11) is 0. The molecule has 2 fully saturated rings. The van der Waals surface area contributed by atoms with Crippen LogP contribution in [0.4, 0.5) is 5.69 Å². The maximum Gasteiger partial charge on any atom is 0.238 e. The second-order valence-corrected chi connectivity index (χ2v) is 8.35. The molecule has 2 saturated heterocycles. The van der Waals surface area contributed by atoms with Gasteiger partial charge in [0.05, 0.1) is 6.54 Å². The van der Waals surface area contributed by atoms with Crippen LogP contribution in [0.25, 0.3) is 0 Å². The number of carbonyl (C=O) groups is 1. The number of carbonyl (C=O) groups excluding carboxylic acids is 1. The van der Waals surface area contributed by atoms with Crippen LogP contribution in [-0.2, 0) is 11.3 Å². The molecule has 0 aliphatic carbocycles. The molecule has 2 aromatic rings. The summed E-state index contributed by atoms with van der Waals surface area (Å²) >= 11 is 1.79. The van der Waals surface area contributed by atoms with Gasteiger partial charge in [0.1, 0.15) is 0 Å². The van der Waals surface area contributed by atoms with E-state index in [1.165, 1.54) is 42.8 Å². The topological polar surface area (TPSA) is 35.6 Å². The number of amides is 1. The minimum Gasteiger partial charge on any atom is -0.325 e. The maximum atomic E-state index is 12.5. The zero-order valence-electron chi connectivity index (χ0n) is 15.2. The molecular weight excluding hydrogens is 342 g/mol. The smallest absolute Gasteiger partial charge is 0.238 e. The van der Waals surface area contributed by atoms with Crippen LogP contribution in [0.1, 0.15) is 42.2 Å². The number of hydrogen-bond donors (Lipinski definition) is 1. The van der Waals surface area contributed by atoms with Crippen molar-refractivity contribution < 1.29 is 4.79 Å². The first-order valence-electron chi connectivity index (χ1n) is 9.66. The Morgan fingerprint density at radius 3 is 2.62 bits per heavy atom. The van der Waals surface area contributed by atoms with Gasteiger partial charge in [0.25, 0.3) is 0 Å². The summed E-state index contributed by atoms with van der Waals surface area (Å²) in [6.45, 7) is 4.91. The van der Waals surface area contributed by atoms with Crippen molar-refractivity contribution in [2.75, 3.05) is 31.5 Å². The molecule has 4 rings (SSSR count). The first kappa shape index (κ1) is 17.7. The molecule has 0 radical (unpaired) electrons. The quantitative estimate of drug-likeness (QED) is 0.832. The number of thiophene rings is 1. The van der Waals surface area contributed by atoms with Crippen molar-refractivity contribution in [1.29, 1.82) is 0 Å². The van der Waals surface area contributed by atoms with Crippen LogP contribution >= 0.6 is 11.3 Å². The maximum absolute atomic E-state index is 12.5. The van der Waals surface area contributed by atoms with Gasteiger partial charge in [0.2, 0.25) is 5.91 Å². The fourth-order valence-corrected chi connectivity index (χ4v) is 4.99. The summed E-state index contributed by atoms with van der Waals surface area (Å²) in [6, 6.07) is 13.0. The first-order valence-corrected chi connectivity index (χ1v) is 10.5. The van der Waals surface area contributed by atoms with E-state index in [2.05, 4.69) is 44.8 Å². The molecule has 3 heterocycles. The van der Waals surface area contributed by atoms with E-state index in [1.54, 1.807) is 11.3 Å². The average molecular weight is 370 g/mol. The van der Waals surface area contributed by atoms with Crippen LogP contribution < -0.4 is 5.32 Å². The minimum atomic E-state index is 0.0840. The molecule has 0 saturated carbocycles. The normalized spacial score (nSPS) is 21.3. The number of rotatable bonds is 6. The molecular formula is C21H27N3OS. The van der Waals surface area contributed by atoms with Crippen LogP contribution in [-0.4, -0.2) is 41.9 Å². The van der Waals surface area contributed by atoms with Gasteiger partial charge < -0.3 is 5.32 Å². The summed E-state index contributed by atoms with van der Waals surface area (Å²) < 4.78 is 0. The van der Waals surface area contributed by atoms with Gasteiger partial charge in [-0.1, -0.05) is 18.2 Å². The predicted molar refractivity (Wildman–Crippen MR) is 107 cm³/mol. The van der Waals surface area contributed by atoms with Crippen molar-refractivity contribution in [3.63, 3.8) is 0 Å². The second-order valence-electron chi connectivity index (χ2n) is 7.37. The molecule has 1 aromatic heterocycles. The van der Waals surface area contributed by atoms with E-state index in [9.17, 15) is 4.79 Å². The molecule has 1 atom stereocenters. The Morgan fingerprint density at radius 2 is 1.88 bits per heavy atom. The standard InChI is InChI=1S/C21H27N3OS/c25-21(16-24-13-3-5-19(24)20-6-4-14-26-20)22-18-9-7-17(8-10-18)15-23-11-1-2-12-23/h4,6-10,14,19H,1-3,5,11-13,15-16H2,(H,22,25). The average Bonchev–Trinajstić information content (AvgIpc) is 3.38. The summed E-state index contributed by atoms with van der Waals surface area (Å²) in [5.41, 5.74) is 2.22. The highest BCUT2D eigenvalue weighted by atomic mass is 32.1. The van der Waals surface area contributed by atoms with Crippen molar-refractivity contribution in [3.05, 3.63) is 52.2 Å². The molecule has 1 amide bonds. The van der Waals surface area contributed by atoms with E-state index in [4.69, 9.17) is 0 Å². The summed E-state index contributed by atoms with van der Waals surface area (Å²) in [5.74, 6) is 0.0840. The van der Waals surface area contributed by atoms with Gasteiger partial charge in [0, 0.05) is 23.2 Å². The van der Waals surface area contributed by atoms with Gasteiger partial charge >= 0.3 is 0 Å². The van der Waals surface area contributed by atoms with Crippen LogP contribution in [0.3, 0.4) is 0 Å². The molecule has 1 N–H and O–H groups in total. The summed E-state index contributed by atoms with van der Waals surface area (Å²) in [5, 5.41) is 5.19. The number of likely N-dealkylation sites (tertiary alicyclic amines) is 2. The van der Waals surface area contributed by atoms with Gasteiger partial charge in [-0.25, -0.2) is 0 Å². The van der Waals surface area contributed by atoms with Crippen molar-refractivity contribution in [2.45, 2.75) is 38.3 Å². The monoisotopic (exact) mass is 369 g/mol. The van der Waals surface area contributed by atoms with E-state index in [0.29, 0.717) is 12.6 Å². The zero-order valence-corrected chi connectivity index (χ0v) is 16.0. The SMILES string of the molecule is O=C(CN1CCCC1c1cccs1)Nc1ccc(CN2CCCC2)cc1. The molecule has 2 aliphatic heterocycles. The van der Waals surface area contributed by atoms with E-state index < -0.39 is 0 Å². The Balaban J connectivity index is 1.30. The summed E-state index contributed by atoms with van der Waals surface area (Å²) in [4.78, 5) is 18.7. The van der Waals surface area contributed by atoms with E-state index in [1.807, 2.05) is 12.1 Å². The molecule has 0 spiro atoms. The lowest BCUT2D eigenvalue weighted by Crippen LogP contribution is -2.32. The van der Waals surface area contributed by atoms with E-state index in [-0.39, 0.29) is 5.91 Å². The van der Waals surface area contributed by atoms with Crippen molar-refractivity contribution in [3.8, 4) is 0 Å². The summed E-state index contributed by atoms with van der Waals surface area (Å²) in [6.07, 6.45) is 4.95. The third-order valence-corrected chi connectivity index (χ3v) is 6.40. The van der Waals surface area contributed by atoms with Gasteiger partial charge in [-0.15, -0.1) is 11.3 Å². The Morgan fingerprint density at radius 1 is 1.08 bits per heavy atom. The predicted octanol–water partition coefficient (Wildman–Crippen LogP) is 4.12. The molecule has 0 bridgehead atoms. The number of nitrogens with one attached hydrogen (secondary N) is 1. The van der Waals surface area contributed by atoms with Crippen LogP contribution in [0.2, 0.25) is 0 Å². The molecule has 2 aliphatic rings. The fraction of sp³-hybridized carbons (Fsp3) is 0.476. The fourth-order valence-electron chi connectivity index (χ4n) is 4.10. The van der Waals surface area contributed by atoms with E-state index in [0.717, 1.165) is 25.2 Å². The lowest BCUT2D eigenvalue weighted by Gasteiger charge is -2.23. The Bertz CT molecular complexity index is 707. The van der Waals surface area contributed by atoms with E-state index >= 15 is 0 Å². The molecule has 4 nitrogen and oxygen atoms in total. The van der Waals surface area contributed by atoms with Gasteiger partial charge in [-0.2, -0.15) is 0 Å². The Hall–Kier alpha value is -1.69. The third-order valence-electron chi connectivity index (χ3n) is 5.42. The van der Waals surface area contributed by atoms with Crippen molar-refractivity contribution in [2.24, 2.45) is 0 Å². The Labute approximate surface area is 159 Å². The molecule has 1 unspecified atom stereocenters. The van der Waals surface area contributed by atoms with Gasteiger partial charge in [0.15, 0.2) is 0 Å². The van der Waals surface area contributed by atoms with Crippen molar-refractivity contribution >= 4 is 22.9 Å². The molecule has 1 aromatic carbocycles. The largest absolute Gasteiger partial charge is 0.325 e. The molecule has 26 heavy (non-hydrogen) atoms.